The Morgan fingerprint density at radius 3 is 1.21 bits per heavy atom. The number of unbranched alkanes of at least 4 members (excludes halogenated alkanes) is 17. The van der Waals surface area contributed by atoms with Crippen LogP contribution in [0.1, 0.15) is 201 Å². The van der Waals surface area contributed by atoms with Gasteiger partial charge in [-0.15, -0.1) is 0 Å². The third-order valence-electron chi connectivity index (χ3n) is 9.02. The number of carbonyl (C=O) groups excluding carboxylic acids is 3. The first-order chi connectivity index (χ1) is 26.0. The summed E-state index contributed by atoms with van der Waals surface area (Å²) in [6, 6.07) is 0. The SMILES string of the molecule is CC/C=C\C/C=C\C/C=C\CCCC(=O)OC(COC(=O)CCCC/C=C\C/C=C\CC)COC(=O)CCCCCCCCCCCCCCCCC. The molecule has 1 unspecified atom stereocenters. The molecule has 0 aromatic heterocycles. The fraction of sp³-hybridized carbons (Fsp3) is 0.723. The van der Waals surface area contributed by atoms with Crippen molar-refractivity contribution in [2.45, 2.75) is 207 Å². The molecule has 304 valence electrons. The van der Waals surface area contributed by atoms with E-state index < -0.39 is 6.10 Å². The second-order valence-electron chi connectivity index (χ2n) is 14.2. The fourth-order valence-corrected chi connectivity index (χ4v) is 5.80. The van der Waals surface area contributed by atoms with E-state index in [-0.39, 0.29) is 37.5 Å². The number of carbonyl (C=O) groups is 3. The number of allylic oxidation sites excluding steroid dienone is 10. The van der Waals surface area contributed by atoms with Crippen molar-refractivity contribution in [3.8, 4) is 0 Å². The molecule has 0 fully saturated rings. The topological polar surface area (TPSA) is 78.9 Å². The monoisotopic (exact) mass is 741 g/mol. The summed E-state index contributed by atoms with van der Waals surface area (Å²) >= 11 is 0. The highest BCUT2D eigenvalue weighted by Crippen LogP contribution is 2.14. The summed E-state index contributed by atoms with van der Waals surface area (Å²) in [5.41, 5.74) is 0. The maximum absolute atomic E-state index is 12.6. The summed E-state index contributed by atoms with van der Waals surface area (Å²) in [6.45, 7) is 6.30. The van der Waals surface area contributed by atoms with Gasteiger partial charge in [0.15, 0.2) is 6.10 Å². The third-order valence-corrected chi connectivity index (χ3v) is 9.02. The van der Waals surface area contributed by atoms with E-state index in [9.17, 15) is 14.4 Å². The normalized spacial score (nSPS) is 12.6. The van der Waals surface area contributed by atoms with Crippen molar-refractivity contribution in [3.63, 3.8) is 0 Å². The van der Waals surface area contributed by atoms with Crippen LogP contribution in [0.4, 0.5) is 0 Å². The Balaban J connectivity index is 4.41. The Labute approximate surface area is 326 Å². The summed E-state index contributed by atoms with van der Waals surface area (Å²) in [4.78, 5) is 37.5. The zero-order valence-electron chi connectivity index (χ0n) is 34.5. The molecule has 0 aliphatic carbocycles. The lowest BCUT2D eigenvalue weighted by Crippen LogP contribution is -2.30. The molecule has 6 heteroatoms. The van der Waals surface area contributed by atoms with Crippen LogP contribution in [-0.2, 0) is 28.6 Å². The molecule has 0 bridgehead atoms. The highest BCUT2D eigenvalue weighted by atomic mass is 16.6. The summed E-state index contributed by atoms with van der Waals surface area (Å²) < 4.78 is 16.6. The lowest BCUT2D eigenvalue weighted by Gasteiger charge is -2.18. The highest BCUT2D eigenvalue weighted by molar-refractivity contribution is 5.71. The lowest BCUT2D eigenvalue weighted by atomic mass is 10.0. The van der Waals surface area contributed by atoms with Gasteiger partial charge in [-0.25, -0.2) is 0 Å². The molecule has 0 aromatic carbocycles. The number of hydrogen-bond acceptors (Lipinski definition) is 6. The quantitative estimate of drug-likeness (QED) is 0.0271. The molecular formula is C47H80O6. The number of ether oxygens (including phenoxy) is 3. The fourth-order valence-electron chi connectivity index (χ4n) is 5.80. The standard InChI is InChI=1S/C47H80O6/c1-4-7-10-13-16-19-21-22-23-24-26-28-31-34-37-40-46(49)52-43-44(42-51-45(48)39-36-33-30-27-18-15-12-9-6-3)53-47(50)41-38-35-32-29-25-20-17-14-11-8-5-2/h8-9,11-12,17-18,20,27,29,32,44H,4-7,10,13-16,19,21-26,28,30-31,33-43H2,1-3H3/b11-8-,12-9-,20-17-,27-18-,32-29-. The van der Waals surface area contributed by atoms with E-state index in [1.54, 1.807) is 0 Å². The molecule has 6 nitrogen and oxygen atoms in total. The molecule has 0 amide bonds. The first-order valence-electron chi connectivity index (χ1n) is 21.8. The van der Waals surface area contributed by atoms with Crippen LogP contribution in [0.15, 0.2) is 60.8 Å². The van der Waals surface area contributed by atoms with E-state index in [2.05, 4.69) is 81.5 Å². The molecular weight excluding hydrogens is 661 g/mol. The highest BCUT2D eigenvalue weighted by Gasteiger charge is 2.19. The van der Waals surface area contributed by atoms with E-state index in [0.29, 0.717) is 19.3 Å². The van der Waals surface area contributed by atoms with Gasteiger partial charge in [-0.3, -0.25) is 14.4 Å². The first-order valence-corrected chi connectivity index (χ1v) is 21.8. The van der Waals surface area contributed by atoms with Crippen LogP contribution in [0.2, 0.25) is 0 Å². The van der Waals surface area contributed by atoms with Crippen molar-refractivity contribution >= 4 is 17.9 Å². The van der Waals surface area contributed by atoms with Crippen LogP contribution in [0.3, 0.4) is 0 Å². The Bertz CT molecular complexity index is 991. The van der Waals surface area contributed by atoms with Gasteiger partial charge in [-0.1, -0.05) is 171 Å². The minimum absolute atomic E-state index is 0.104. The number of hydrogen-bond donors (Lipinski definition) is 0. The van der Waals surface area contributed by atoms with Crippen LogP contribution in [0, 0.1) is 0 Å². The molecule has 0 aromatic rings. The summed E-state index contributed by atoms with van der Waals surface area (Å²) in [6.07, 6.45) is 49.4. The van der Waals surface area contributed by atoms with Gasteiger partial charge in [0, 0.05) is 19.3 Å². The van der Waals surface area contributed by atoms with E-state index in [0.717, 1.165) is 77.0 Å². The third kappa shape index (κ3) is 40.1. The van der Waals surface area contributed by atoms with Gasteiger partial charge in [-0.2, -0.15) is 0 Å². The largest absolute Gasteiger partial charge is 0.462 e. The minimum atomic E-state index is -0.807. The molecule has 0 saturated carbocycles. The predicted octanol–water partition coefficient (Wildman–Crippen LogP) is 13.7. The second-order valence-corrected chi connectivity index (χ2v) is 14.2. The molecule has 0 radical (unpaired) electrons. The van der Waals surface area contributed by atoms with E-state index in [4.69, 9.17) is 14.2 Å². The Morgan fingerprint density at radius 2 is 0.755 bits per heavy atom. The minimum Gasteiger partial charge on any atom is -0.462 e. The first kappa shape index (κ1) is 50.1. The van der Waals surface area contributed by atoms with Crippen molar-refractivity contribution in [3.05, 3.63) is 60.8 Å². The van der Waals surface area contributed by atoms with Crippen molar-refractivity contribution in [2.24, 2.45) is 0 Å². The van der Waals surface area contributed by atoms with Crippen LogP contribution in [0.25, 0.3) is 0 Å². The molecule has 53 heavy (non-hydrogen) atoms. The van der Waals surface area contributed by atoms with Crippen LogP contribution >= 0.6 is 0 Å². The van der Waals surface area contributed by atoms with Gasteiger partial charge in [-0.05, 0) is 70.6 Å². The van der Waals surface area contributed by atoms with Crippen LogP contribution < -0.4 is 0 Å². The molecule has 0 aliphatic rings. The molecule has 0 heterocycles. The predicted molar refractivity (Wildman–Crippen MR) is 224 cm³/mol. The van der Waals surface area contributed by atoms with Crippen molar-refractivity contribution in [1.82, 2.24) is 0 Å². The summed E-state index contributed by atoms with van der Waals surface area (Å²) in [5, 5.41) is 0. The van der Waals surface area contributed by atoms with Crippen molar-refractivity contribution in [1.29, 1.82) is 0 Å². The van der Waals surface area contributed by atoms with Gasteiger partial charge < -0.3 is 14.2 Å². The number of esters is 3. The van der Waals surface area contributed by atoms with Crippen molar-refractivity contribution < 1.29 is 28.6 Å². The van der Waals surface area contributed by atoms with Gasteiger partial charge in [0.2, 0.25) is 0 Å². The Kier molecular flexibility index (Phi) is 39.6. The van der Waals surface area contributed by atoms with Crippen LogP contribution in [0.5, 0.6) is 0 Å². The van der Waals surface area contributed by atoms with Gasteiger partial charge >= 0.3 is 17.9 Å². The average molecular weight is 741 g/mol. The van der Waals surface area contributed by atoms with E-state index in [1.165, 1.54) is 77.0 Å². The Morgan fingerprint density at radius 1 is 0.396 bits per heavy atom. The molecule has 1 atom stereocenters. The molecule has 0 spiro atoms. The smallest absolute Gasteiger partial charge is 0.306 e. The van der Waals surface area contributed by atoms with E-state index >= 15 is 0 Å². The zero-order valence-corrected chi connectivity index (χ0v) is 34.5. The van der Waals surface area contributed by atoms with Crippen molar-refractivity contribution in [2.75, 3.05) is 13.2 Å². The summed E-state index contributed by atoms with van der Waals surface area (Å²) in [5.74, 6) is -1.00. The number of rotatable bonds is 38. The van der Waals surface area contributed by atoms with Gasteiger partial charge in [0.1, 0.15) is 13.2 Å². The van der Waals surface area contributed by atoms with Gasteiger partial charge in [0.05, 0.1) is 0 Å². The summed E-state index contributed by atoms with van der Waals surface area (Å²) in [7, 11) is 0. The molecule has 0 aliphatic heterocycles. The lowest BCUT2D eigenvalue weighted by molar-refractivity contribution is -0.167. The maximum Gasteiger partial charge on any atom is 0.306 e. The zero-order chi connectivity index (χ0) is 38.7. The molecule has 0 saturated heterocycles. The average Bonchev–Trinajstić information content (AvgIpc) is 3.15. The van der Waals surface area contributed by atoms with Crippen LogP contribution in [-0.4, -0.2) is 37.2 Å². The van der Waals surface area contributed by atoms with Gasteiger partial charge in [0.25, 0.3) is 0 Å². The van der Waals surface area contributed by atoms with E-state index in [1.807, 2.05) is 0 Å². The maximum atomic E-state index is 12.6. The molecule has 0 rings (SSSR count). The second kappa shape index (κ2) is 41.9. The molecule has 0 N–H and O–H groups in total. The Hall–Kier alpha value is -2.89.